The number of hydrogen-bond acceptors (Lipinski definition) is 6. The maximum absolute atomic E-state index is 13.9. The van der Waals surface area contributed by atoms with Crippen LogP contribution in [0.5, 0.6) is 0 Å². The number of nitrogens with zero attached hydrogens (tertiary/aromatic N) is 4. The van der Waals surface area contributed by atoms with E-state index in [0.29, 0.717) is 49.0 Å². The van der Waals surface area contributed by atoms with E-state index in [1.165, 1.54) is 22.3 Å². The summed E-state index contributed by atoms with van der Waals surface area (Å²) in [5.41, 5.74) is -0.102. The molecule has 0 N–H and O–H groups in total. The maximum atomic E-state index is 13.9. The van der Waals surface area contributed by atoms with Crippen molar-refractivity contribution in [3.8, 4) is 0 Å². The molecule has 2 fully saturated rings. The third-order valence-corrected chi connectivity index (χ3v) is 8.12. The van der Waals surface area contributed by atoms with Gasteiger partial charge in [0.2, 0.25) is 0 Å². The molecule has 2 aliphatic rings. The summed E-state index contributed by atoms with van der Waals surface area (Å²) < 4.78 is 42.0. The minimum atomic E-state index is -4.60. The highest BCUT2D eigenvalue weighted by Gasteiger charge is 2.43. The third kappa shape index (κ3) is 4.13. The molecular weight excluding hydrogens is 473 g/mol. The fraction of sp³-hybridized carbons (Fsp3) is 0.409. The molecule has 0 atom stereocenters. The number of aryl methyl sites for hydroxylation is 1. The van der Waals surface area contributed by atoms with Crippen molar-refractivity contribution in [1.29, 1.82) is 0 Å². The number of thiophene rings is 1. The van der Waals surface area contributed by atoms with Crippen molar-refractivity contribution < 1.29 is 22.8 Å². The van der Waals surface area contributed by atoms with Gasteiger partial charge in [0.1, 0.15) is 4.88 Å². The van der Waals surface area contributed by atoms with E-state index in [4.69, 9.17) is 0 Å². The molecule has 3 aromatic rings. The highest BCUT2D eigenvalue weighted by Crippen LogP contribution is 2.43. The molecule has 0 bridgehead atoms. The predicted octanol–water partition coefficient (Wildman–Crippen LogP) is 3.97. The van der Waals surface area contributed by atoms with Gasteiger partial charge in [-0.2, -0.15) is 13.2 Å². The lowest BCUT2D eigenvalue weighted by Gasteiger charge is -2.48. The molecule has 0 radical (unpaired) electrons. The number of rotatable bonds is 3. The van der Waals surface area contributed by atoms with Gasteiger partial charge in [-0.1, -0.05) is 11.6 Å². The second-order valence-electron chi connectivity index (χ2n) is 8.33. The number of thiazole rings is 1. The molecule has 0 aliphatic carbocycles. The lowest BCUT2D eigenvalue weighted by atomic mass is 10.0. The molecule has 174 valence electrons. The van der Waals surface area contributed by atoms with Gasteiger partial charge in [-0.15, -0.1) is 22.7 Å². The first kappa shape index (κ1) is 22.3. The smallest absolute Gasteiger partial charge is 0.335 e. The molecule has 2 saturated heterocycles. The summed E-state index contributed by atoms with van der Waals surface area (Å²) in [5.74, 6) is -0.634. The molecule has 2 aliphatic heterocycles. The van der Waals surface area contributed by atoms with Crippen molar-refractivity contribution in [3.63, 3.8) is 0 Å². The van der Waals surface area contributed by atoms with Crippen LogP contribution in [0, 0.1) is 6.92 Å². The van der Waals surface area contributed by atoms with Gasteiger partial charge in [0.15, 0.2) is 5.01 Å². The van der Waals surface area contributed by atoms with Crippen LogP contribution in [0.15, 0.2) is 29.8 Å². The SMILES string of the molecule is Cc1ccc2sc(C(=O)N3CC(N4CCN(C(=O)c5nccs5)CC4)C3)c(C(F)(F)F)c2c1. The Kier molecular flexibility index (Phi) is 5.66. The van der Waals surface area contributed by atoms with Crippen LogP contribution < -0.4 is 0 Å². The van der Waals surface area contributed by atoms with Gasteiger partial charge in [0.05, 0.1) is 5.56 Å². The number of hydrogen-bond donors (Lipinski definition) is 0. The molecule has 4 heterocycles. The maximum Gasteiger partial charge on any atom is 0.418 e. The van der Waals surface area contributed by atoms with Crippen LogP contribution in [-0.4, -0.2) is 76.8 Å². The van der Waals surface area contributed by atoms with Gasteiger partial charge in [-0.3, -0.25) is 14.5 Å². The summed E-state index contributed by atoms with van der Waals surface area (Å²) in [7, 11) is 0. The van der Waals surface area contributed by atoms with Crippen LogP contribution in [0.3, 0.4) is 0 Å². The van der Waals surface area contributed by atoms with E-state index < -0.39 is 17.6 Å². The monoisotopic (exact) mass is 494 g/mol. The zero-order valence-corrected chi connectivity index (χ0v) is 19.4. The van der Waals surface area contributed by atoms with E-state index in [2.05, 4.69) is 9.88 Å². The standard InChI is InChI=1S/C22H21F3N4O2S2/c1-13-2-3-16-15(10-13)17(22(23,24)25)18(33-16)20(30)29-11-14(12-29)27-5-7-28(8-6-27)21(31)19-26-4-9-32-19/h2-4,9-10,14H,5-8,11-12H2,1H3. The van der Waals surface area contributed by atoms with Crippen molar-refractivity contribution in [2.45, 2.75) is 19.1 Å². The summed E-state index contributed by atoms with van der Waals surface area (Å²) in [5, 5.41) is 2.34. The van der Waals surface area contributed by atoms with Crippen molar-refractivity contribution in [2.75, 3.05) is 39.3 Å². The van der Waals surface area contributed by atoms with Gasteiger partial charge >= 0.3 is 6.18 Å². The Bertz CT molecular complexity index is 1190. The lowest BCUT2D eigenvalue weighted by molar-refractivity contribution is -0.136. The third-order valence-electron chi connectivity index (χ3n) is 6.20. The first-order valence-corrected chi connectivity index (χ1v) is 12.2. The van der Waals surface area contributed by atoms with Crippen LogP contribution in [0.1, 0.15) is 30.6 Å². The molecule has 11 heteroatoms. The molecule has 5 rings (SSSR count). The highest BCUT2D eigenvalue weighted by molar-refractivity contribution is 7.21. The molecule has 0 saturated carbocycles. The lowest BCUT2D eigenvalue weighted by Crippen LogP contribution is -2.64. The van der Waals surface area contributed by atoms with E-state index in [9.17, 15) is 22.8 Å². The van der Waals surface area contributed by atoms with Crippen LogP contribution in [0.25, 0.3) is 10.1 Å². The number of halogens is 3. The van der Waals surface area contributed by atoms with E-state index >= 15 is 0 Å². The highest BCUT2D eigenvalue weighted by atomic mass is 32.1. The Labute approximate surface area is 196 Å². The number of amides is 2. The molecule has 2 amide bonds. The van der Waals surface area contributed by atoms with E-state index in [-0.39, 0.29) is 22.2 Å². The molecule has 0 spiro atoms. The Morgan fingerprint density at radius 3 is 2.42 bits per heavy atom. The van der Waals surface area contributed by atoms with Crippen LogP contribution >= 0.6 is 22.7 Å². The molecular formula is C22H21F3N4O2S2. The molecule has 2 aromatic heterocycles. The number of aromatic nitrogens is 1. The van der Waals surface area contributed by atoms with E-state index in [0.717, 1.165) is 16.9 Å². The fourth-order valence-corrected chi connectivity index (χ4v) is 6.17. The minimum Gasteiger partial charge on any atom is -0.335 e. The van der Waals surface area contributed by atoms with Crippen LogP contribution in [0.2, 0.25) is 0 Å². The van der Waals surface area contributed by atoms with Crippen LogP contribution in [-0.2, 0) is 6.18 Å². The topological polar surface area (TPSA) is 56.8 Å². The fourth-order valence-electron chi connectivity index (χ4n) is 4.39. The number of benzene rings is 1. The van der Waals surface area contributed by atoms with E-state index in [1.54, 1.807) is 35.5 Å². The van der Waals surface area contributed by atoms with Gasteiger partial charge in [0.25, 0.3) is 11.8 Å². The van der Waals surface area contributed by atoms with Crippen molar-refractivity contribution in [1.82, 2.24) is 19.7 Å². The summed E-state index contributed by atoms with van der Waals surface area (Å²) in [4.78, 5) is 34.7. The predicted molar refractivity (Wildman–Crippen MR) is 121 cm³/mol. The van der Waals surface area contributed by atoms with Gasteiger partial charge < -0.3 is 9.80 Å². The number of fused-ring (bicyclic) bond motifs is 1. The van der Waals surface area contributed by atoms with Crippen LogP contribution in [0.4, 0.5) is 13.2 Å². The molecule has 0 unspecified atom stereocenters. The van der Waals surface area contributed by atoms with Crippen molar-refractivity contribution >= 4 is 44.6 Å². The average Bonchev–Trinajstić information content (AvgIpc) is 3.40. The molecule has 6 nitrogen and oxygen atoms in total. The number of alkyl halides is 3. The zero-order valence-electron chi connectivity index (χ0n) is 17.8. The number of carbonyl (C=O) groups excluding carboxylic acids is 2. The quantitative estimate of drug-likeness (QED) is 0.553. The van der Waals surface area contributed by atoms with Gasteiger partial charge in [-0.25, -0.2) is 4.98 Å². The van der Waals surface area contributed by atoms with Crippen molar-refractivity contribution in [2.24, 2.45) is 0 Å². The number of likely N-dealkylation sites (tertiary alicyclic amines) is 1. The Morgan fingerprint density at radius 2 is 1.79 bits per heavy atom. The van der Waals surface area contributed by atoms with Gasteiger partial charge in [0, 0.05) is 67.0 Å². The van der Waals surface area contributed by atoms with Gasteiger partial charge in [-0.05, 0) is 19.1 Å². The first-order chi connectivity index (χ1) is 15.7. The molecule has 33 heavy (non-hydrogen) atoms. The van der Waals surface area contributed by atoms with E-state index in [1.807, 2.05) is 0 Å². The Hall–Kier alpha value is -2.50. The Morgan fingerprint density at radius 1 is 1.06 bits per heavy atom. The second-order valence-corrected chi connectivity index (χ2v) is 10.3. The summed E-state index contributed by atoms with van der Waals surface area (Å²) in [6, 6.07) is 4.99. The number of piperazine rings is 1. The largest absolute Gasteiger partial charge is 0.418 e. The zero-order chi connectivity index (χ0) is 23.3. The normalized spacial score (nSPS) is 18.1. The summed E-state index contributed by atoms with van der Waals surface area (Å²) in [6.07, 6.45) is -2.99. The summed E-state index contributed by atoms with van der Waals surface area (Å²) in [6.45, 7) is 4.99. The second kappa shape index (κ2) is 8.37. The minimum absolute atomic E-state index is 0.0743. The Balaban J connectivity index is 1.24. The first-order valence-electron chi connectivity index (χ1n) is 10.5. The summed E-state index contributed by atoms with van der Waals surface area (Å²) >= 11 is 2.22. The van der Waals surface area contributed by atoms with Crippen molar-refractivity contribution in [3.05, 3.63) is 50.8 Å². The number of carbonyl (C=O) groups is 2. The average molecular weight is 495 g/mol. The molecule has 1 aromatic carbocycles.